The van der Waals surface area contributed by atoms with Crippen molar-refractivity contribution in [3.8, 4) is 0 Å². The molecule has 4 N–H and O–H groups in total. The van der Waals surface area contributed by atoms with E-state index in [1.54, 1.807) is 6.92 Å². The number of rotatable bonds is 9. The first-order chi connectivity index (χ1) is 16.6. The number of nitrogens with one attached hydrogen (secondary N) is 3. The van der Waals surface area contributed by atoms with E-state index in [4.69, 9.17) is 16.7 Å². The summed E-state index contributed by atoms with van der Waals surface area (Å²) in [6.45, 7) is 2.13. The minimum Gasteiger partial charge on any atom is -0.396 e. The van der Waals surface area contributed by atoms with Crippen LogP contribution in [0.15, 0.2) is 30.9 Å². The van der Waals surface area contributed by atoms with E-state index in [1.165, 1.54) is 18.6 Å². The van der Waals surface area contributed by atoms with E-state index >= 15 is 0 Å². The fourth-order valence-corrected chi connectivity index (χ4v) is 3.73. The van der Waals surface area contributed by atoms with Gasteiger partial charge in [-0.2, -0.15) is 13.2 Å². The molecule has 0 saturated carbocycles. The zero-order chi connectivity index (χ0) is 25.6. The number of aromatic nitrogens is 4. The average Bonchev–Trinajstić information content (AvgIpc) is 3.31. The molecule has 186 valence electrons. The molecule has 3 heterocycles. The molecule has 0 bridgehead atoms. The van der Waals surface area contributed by atoms with Crippen molar-refractivity contribution >= 4 is 46.4 Å². The molecule has 0 aromatic carbocycles. The normalized spacial score (nSPS) is 12.2. The van der Waals surface area contributed by atoms with Gasteiger partial charge in [-0.15, -0.1) is 11.3 Å². The van der Waals surface area contributed by atoms with E-state index in [0.717, 1.165) is 17.5 Å². The lowest BCUT2D eigenvalue weighted by Gasteiger charge is -2.11. The third kappa shape index (κ3) is 7.07. The van der Waals surface area contributed by atoms with Gasteiger partial charge in [0.25, 0.3) is 11.8 Å². The molecule has 3 rings (SSSR count). The Morgan fingerprint density at radius 2 is 1.89 bits per heavy atom. The summed E-state index contributed by atoms with van der Waals surface area (Å²) in [6.07, 6.45) is -0.921. The Bertz CT molecular complexity index is 1210. The summed E-state index contributed by atoms with van der Waals surface area (Å²) in [7, 11) is 0. The fraction of sp³-hybridized carbons (Fsp3) is 0.300. The maximum absolute atomic E-state index is 13.0. The van der Waals surface area contributed by atoms with Crippen molar-refractivity contribution in [1.29, 1.82) is 0 Å². The van der Waals surface area contributed by atoms with Gasteiger partial charge in [0.15, 0.2) is 0 Å². The first-order valence-corrected chi connectivity index (χ1v) is 11.3. The lowest BCUT2D eigenvalue weighted by atomic mass is 10.2. The molecule has 3 aromatic rings. The molecule has 0 saturated heterocycles. The second-order valence-corrected chi connectivity index (χ2v) is 8.52. The van der Waals surface area contributed by atoms with Crippen LogP contribution in [0, 0.1) is 0 Å². The number of hydrogen-bond acceptors (Lipinski definition) is 9. The summed E-state index contributed by atoms with van der Waals surface area (Å²) in [4.78, 5) is 40.9. The van der Waals surface area contributed by atoms with Crippen molar-refractivity contribution in [2.75, 3.05) is 23.8 Å². The number of anilines is 2. The first kappa shape index (κ1) is 26.2. The first-order valence-electron chi connectivity index (χ1n) is 10.1. The Balaban J connectivity index is 1.63. The summed E-state index contributed by atoms with van der Waals surface area (Å²) in [6, 6.07) is 1.49. The maximum Gasteiger partial charge on any atom is 0.418 e. The molecule has 35 heavy (non-hydrogen) atoms. The van der Waals surface area contributed by atoms with E-state index in [9.17, 15) is 22.8 Å². The zero-order valence-corrected chi connectivity index (χ0v) is 19.6. The summed E-state index contributed by atoms with van der Waals surface area (Å²) in [5.41, 5.74) is -1.02. The van der Waals surface area contributed by atoms with Gasteiger partial charge in [0.05, 0.1) is 22.8 Å². The van der Waals surface area contributed by atoms with Gasteiger partial charge in [0, 0.05) is 25.4 Å². The van der Waals surface area contributed by atoms with Gasteiger partial charge in [-0.3, -0.25) is 9.59 Å². The number of amides is 2. The highest BCUT2D eigenvalue weighted by molar-refractivity contribution is 7.13. The van der Waals surface area contributed by atoms with E-state index in [0.29, 0.717) is 29.9 Å². The second-order valence-electron chi connectivity index (χ2n) is 7.05. The van der Waals surface area contributed by atoms with E-state index in [-0.39, 0.29) is 23.0 Å². The molecule has 10 nitrogen and oxygen atoms in total. The fourth-order valence-electron chi connectivity index (χ4n) is 2.70. The minimum atomic E-state index is -4.70. The number of hydrogen-bond donors (Lipinski definition) is 4. The van der Waals surface area contributed by atoms with Gasteiger partial charge in [-0.25, -0.2) is 19.9 Å². The highest BCUT2D eigenvalue weighted by atomic mass is 35.5. The van der Waals surface area contributed by atoms with Gasteiger partial charge < -0.3 is 21.1 Å². The second kappa shape index (κ2) is 11.4. The Morgan fingerprint density at radius 1 is 1.11 bits per heavy atom. The molecule has 15 heteroatoms. The number of alkyl halides is 3. The van der Waals surface area contributed by atoms with Crippen LogP contribution >= 0.6 is 22.9 Å². The van der Waals surface area contributed by atoms with Crippen LogP contribution < -0.4 is 16.0 Å². The summed E-state index contributed by atoms with van der Waals surface area (Å²) >= 11 is 6.49. The van der Waals surface area contributed by atoms with Gasteiger partial charge in [-0.05, 0) is 19.4 Å². The SMILES string of the molecule is CC(NC(=O)c1cc(NCCCO)ncn1)c1ncc(C(=O)Nc2cc(C(F)(F)F)c(Cl)cn2)s1. The Labute approximate surface area is 206 Å². The molecular formula is C20H19ClF3N7O3S. The maximum atomic E-state index is 13.0. The number of halogens is 4. The molecule has 1 atom stereocenters. The van der Waals surface area contributed by atoms with Crippen molar-refractivity contribution in [1.82, 2.24) is 25.3 Å². The predicted molar refractivity (Wildman–Crippen MR) is 122 cm³/mol. The van der Waals surface area contributed by atoms with Gasteiger partial charge in [0.2, 0.25) is 0 Å². The summed E-state index contributed by atoms with van der Waals surface area (Å²) in [5.74, 6) is -1.12. The zero-order valence-electron chi connectivity index (χ0n) is 18.1. The number of carbonyl (C=O) groups is 2. The molecule has 0 aliphatic rings. The molecule has 3 aromatic heterocycles. The highest BCUT2D eigenvalue weighted by Gasteiger charge is 2.34. The standard InChI is InChI=1S/C20H19ClF3N7O3S/c1-10(30-17(33)13-6-15(29-9-28-13)25-3-2-4-32)19-27-8-14(35-19)18(34)31-16-5-11(20(22,23)24)12(21)7-26-16/h5-10,32H,2-4H2,1H3,(H,30,33)(H,25,28,29)(H,26,31,34). The van der Waals surface area contributed by atoms with Crippen LogP contribution in [0.4, 0.5) is 24.8 Å². The summed E-state index contributed by atoms with van der Waals surface area (Å²) < 4.78 is 39.0. The Kier molecular flexibility index (Phi) is 8.53. The quantitative estimate of drug-likeness (QED) is 0.308. The van der Waals surface area contributed by atoms with Crippen molar-refractivity contribution in [3.63, 3.8) is 0 Å². The Morgan fingerprint density at radius 3 is 2.60 bits per heavy atom. The van der Waals surface area contributed by atoms with Crippen LogP contribution in [0.2, 0.25) is 5.02 Å². The average molecular weight is 530 g/mol. The third-order valence-corrected chi connectivity index (χ3v) is 5.89. The number of pyridine rings is 1. The van der Waals surface area contributed by atoms with Crippen molar-refractivity contribution < 1.29 is 27.9 Å². The van der Waals surface area contributed by atoms with Crippen LogP contribution in [0.3, 0.4) is 0 Å². The monoisotopic (exact) mass is 529 g/mol. The molecule has 0 fully saturated rings. The lowest BCUT2D eigenvalue weighted by Crippen LogP contribution is -2.27. The smallest absolute Gasteiger partial charge is 0.396 e. The van der Waals surface area contributed by atoms with Crippen molar-refractivity contribution in [2.24, 2.45) is 0 Å². The van der Waals surface area contributed by atoms with Crippen LogP contribution in [-0.2, 0) is 6.18 Å². The molecule has 0 spiro atoms. The van der Waals surface area contributed by atoms with Crippen molar-refractivity contribution in [3.05, 3.63) is 57.0 Å². The molecule has 2 amide bonds. The molecule has 0 aliphatic carbocycles. The van der Waals surface area contributed by atoms with E-state index < -0.39 is 34.6 Å². The molecule has 0 aliphatic heterocycles. The van der Waals surface area contributed by atoms with E-state index in [1.807, 2.05) is 0 Å². The van der Waals surface area contributed by atoms with Gasteiger partial charge >= 0.3 is 6.18 Å². The van der Waals surface area contributed by atoms with Crippen LogP contribution in [0.5, 0.6) is 0 Å². The largest absolute Gasteiger partial charge is 0.418 e. The lowest BCUT2D eigenvalue weighted by molar-refractivity contribution is -0.137. The number of carbonyl (C=O) groups excluding carboxylic acids is 2. The third-order valence-electron chi connectivity index (χ3n) is 4.41. The van der Waals surface area contributed by atoms with Crippen molar-refractivity contribution in [2.45, 2.75) is 25.6 Å². The predicted octanol–water partition coefficient (Wildman–Crippen LogP) is 3.54. The minimum absolute atomic E-state index is 0.0154. The van der Waals surface area contributed by atoms with Crippen LogP contribution in [0.1, 0.15) is 50.1 Å². The molecular weight excluding hydrogens is 511 g/mol. The number of nitrogens with zero attached hydrogens (tertiary/aromatic N) is 4. The van der Waals surface area contributed by atoms with Gasteiger partial charge in [0.1, 0.15) is 33.5 Å². The van der Waals surface area contributed by atoms with Crippen LogP contribution in [0.25, 0.3) is 0 Å². The number of thiazole rings is 1. The Hall–Kier alpha value is -3.36. The summed E-state index contributed by atoms with van der Waals surface area (Å²) in [5, 5.41) is 16.6. The van der Waals surface area contributed by atoms with Crippen LogP contribution in [-0.4, -0.2) is 50.0 Å². The van der Waals surface area contributed by atoms with Gasteiger partial charge in [-0.1, -0.05) is 11.6 Å². The number of aliphatic hydroxyl groups excluding tert-OH is 1. The molecule has 1 unspecified atom stereocenters. The van der Waals surface area contributed by atoms with E-state index in [2.05, 4.69) is 35.9 Å². The molecule has 0 radical (unpaired) electrons. The highest BCUT2D eigenvalue weighted by Crippen LogP contribution is 2.35. The topological polar surface area (TPSA) is 142 Å². The number of aliphatic hydroxyl groups is 1.